The van der Waals surface area contributed by atoms with E-state index in [2.05, 4.69) is 6.92 Å². The van der Waals surface area contributed by atoms with Crippen molar-refractivity contribution in [2.45, 2.75) is 32.3 Å². The lowest BCUT2D eigenvalue weighted by Crippen LogP contribution is -2.24. The SMILES string of the molecule is C[C@@H]1[C@@H]2CC[C@@H](C2)[C@H]1O. The van der Waals surface area contributed by atoms with Crippen LogP contribution in [0.2, 0.25) is 0 Å². The summed E-state index contributed by atoms with van der Waals surface area (Å²) in [6.45, 7) is 2.19. The van der Waals surface area contributed by atoms with Crippen LogP contribution in [0.3, 0.4) is 0 Å². The first-order valence-corrected chi connectivity index (χ1v) is 3.97. The zero-order valence-electron chi connectivity index (χ0n) is 5.88. The lowest BCUT2D eigenvalue weighted by atomic mass is 9.88. The summed E-state index contributed by atoms with van der Waals surface area (Å²) in [5.74, 6) is 2.14. The van der Waals surface area contributed by atoms with Crippen LogP contribution in [0.1, 0.15) is 26.2 Å². The third-order valence-electron chi connectivity index (χ3n) is 3.28. The van der Waals surface area contributed by atoms with Gasteiger partial charge < -0.3 is 5.11 Å². The molecule has 2 fully saturated rings. The van der Waals surface area contributed by atoms with Gasteiger partial charge in [-0.1, -0.05) is 6.92 Å². The summed E-state index contributed by atoms with van der Waals surface area (Å²) in [4.78, 5) is 0. The maximum atomic E-state index is 9.49. The molecule has 0 unspecified atom stereocenters. The molecule has 0 saturated heterocycles. The molecule has 0 aromatic heterocycles. The molecule has 0 radical (unpaired) electrons. The Kier molecular flexibility index (Phi) is 1.10. The molecule has 0 aliphatic heterocycles. The number of hydrogen-bond donors (Lipinski definition) is 1. The minimum Gasteiger partial charge on any atom is -0.393 e. The molecule has 2 aliphatic carbocycles. The summed E-state index contributed by atoms with van der Waals surface area (Å²) >= 11 is 0. The van der Waals surface area contributed by atoms with E-state index in [9.17, 15) is 5.11 Å². The van der Waals surface area contributed by atoms with E-state index in [0.717, 1.165) is 5.92 Å². The molecule has 1 heteroatoms. The first-order valence-electron chi connectivity index (χ1n) is 3.97. The van der Waals surface area contributed by atoms with Crippen LogP contribution < -0.4 is 0 Å². The molecule has 2 bridgehead atoms. The maximum Gasteiger partial charge on any atom is 0.0596 e. The second-order valence-corrected chi connectivity index (χ2v) is 3.68. The minimum absolute atomic E-state index is 0.0451. The molecule has 0 aromatic carbocycles. The smallest absolute Gasteiger partial charge is 0.0596 e. The van der Waals surface area contributed by atoms with E-state index in [1.54, 1.807) is 0 Å². The van der Waals surface area contributed by atoms with Gasteiger partial charge in [0.1, 0.15) is 0 Å². The molecular weight excluding hydrogens is 112 g/mol. The van der Waals surface area contributed by atoms with Crippen LogP contribution in [0, 0.1) is 17.8 Å². The number of aliphatic hydroxyl groups is 1. The van der Waals surface area contributed by atoms with Crippen molar-refractivity contribution >= 4 is 0 Å². The summed E-state index contributed by atoms with van der Waals surface area (Å²) in [5.41, 5.74) is 0. The van der Waals surface area contributed by atoms with Gasteiger partial charge in [0.25, 0.3) is 0 Å². The second kappa shape index (κ2) is 1.72. The summed E-state index contributed by atoms with van der Waals surface area (Å²) in [5, 5.41) is 9.49. The highest BCUT2D eigenvalue weighted by Crippen LogP contribution is 2.47. The van der Waals surface area contributed by atoms with Gasteiger partial charge in [0.15, 0.2) is 0 Å². The molecule has 4 atom stereocenters. The Bertz CT molecular complexity index is 104. The lowest BCUT2D eigenvalue weighted by molar-refractivity contribution is 0.0677. The molecule has 52 valence electrons. The predicted molar refractivity (Wildman–Crippen MR) is 36.0 cm³/mol. The molecule has 2 saturated carbocycles. The topological polar surface area (TPSA) is 20.2 Å². The zero-order valence-corrected chi connectivity index (χ0v) is 5.88. The molecule has 0 amide bonds. The van der Waals surface area contributed by atoms with Gasteiger partial charge >= 0.3 is 0 Å². The normalized spacial score (nSPS) is 56.7. The van der Waals surface area contributed by atoms with Gasteiger partial charge in [-0.05, 0) is 37.0 Å². The van der Waals surface area contributed by atoms with Crippen molar-refractivity contribution in [1.82, 2.24) is 0 Å². The van der Waals surface area contributed by atoms with E-state index in [0.29, 0.717) is 11.8 Å². The Labute approximate surface area is 56.1 Å². The van der Waals surface area contributed by atoms with Crippen molar-refractivity contribution in [3.8, 4) is 0 Å². The first kappa shape index (κ1) is 5.72. The Morgan fingerprint density at radius 2 is 1.89 bits per heavy atom. The van der Waals surface area contributed by atoms with Gasteiger partial charge in [-0.15, -0.1) is 0 Å². The van der Waals surface area contributed by atoms with Crippen molar-refractivity contribution in [3.05, 3.63) is 0 Å². The highest BCUT2D eigenvalue weighted by atomic mass is 16.3. The Morgan fingerprint density at radius 3 is 2.22 bits per heavy atom. The quantitative estimate of drug-likeness (QED) is 0.520. The van der Waals surface area contributed by atoms with Gasteiger partial charge in [-0.2, -0.15) is 0 Å². The van der Waals surface area contributed by atoms with Crippen molar-refractivity contribution < 1.29 is 5.11 Å². The average molecular weight is 126 g/mol. The van der Waals surface area contributed by atoms with Crippen molar-refractivity contribution in [1.29, 1.82) is 0 Å². The van der Waals surface area contributed by atoms with Crippen LogP contribution in [-0.4, -0.2) is 11.2 Å². The van der Waals surface area contributed by atoms with E-state index in [-0.39, 0.29) is 6.10 Å². The molecule has 0 spiro atoms. The monoisotopic (exact) mass is 126 g/mol. The second-order valence-electron chi connectivity index (χ2n) is 3.68. The lowest BCUT2D eigenvalue weighted by Gasteiger charge is -2.22. The third-order valence-corrected chi connectivity index (χ3v) is 3.28. The number of hydrogen-bond acceptors (Lipinski definition) is 1. The maximum absolute atomic E-state index is 9.49. The number of aliphatic hydroxyl groups excluding tert-OH is 1. The molecule has 2 rings (SSSR count). The molecule has 9 heavy (non-hydrogen) atoms. The zero-order chi connectivity index (χ0) is 6.43. The molecule has 0 aromatic rings. The van der Waals surface area contributed by atoms with E-state index < -0.39 is 0 Å². The van der Waals surface area contributed by atoms with Gasteiger partial charge in [-0.25, -0.2) is 0 Å². The molecular formula is C8H14O. The van der Waals surface area contributed by atoms with Crippen LogP contribution in [0.4, 0.5) is 0 Å². The van der Waals surface area contributed by atoms with Crippen LogP contribution in [-0.2, 0) is 0 Å². The molecule has 1 N–H and O–H groups in total. The Hall–Kier alpha value is -0.0400. The fourth-order valence-corrected chi connectivity index (χ4v) is 2.55. The summed E-state index contributed by atoms with van der Waals surface area (Å²) in [7, 11) is 0. The average Bonchev–Trinajstić information content (AvgIpc) is 2.37. The highest BCUT2D eigenvalue weighted by Gasteiger charge is 2.43. The van der Waals surface area contributed by atoms with Gasteiger partial charge in [0, 0.05) is 0 Å². The van der Waals surface area contributed by atoms with Crippen molar-refractivity contribution in [3.63, 3.8) is 0 Å². The van der Waals surface area contributed by atoms with Gasteiger partial charge in [0.2, 0.25) is 0 Å². The number of rotatable bonds is 0. The van der Waals surface area contributed by atoms with Gasteiger partial charge in [0.05, 0.1) is 6.10 Å². The fraction of sp³-hybridized carbons (Fsp3) is 1.00. The molecule has 2 aliphatic rings. The molecule has 0 heterocycles. The Balaban J connectivity index is 2.15. The standard InChI is InChI=1S/C8H14O/c1-5-6-2-3-7(4-6)8(5)9/h5-9H,2-4H2,1H3/t5-,6-,7+,8+/m1/s1. The van der Waals surface area contributed by atoms with Crippen molar-refractivity contribution in [2.75, 3.05) is 0 Å². The van der Waals surface area contributed by atoms with Crippen LogP contribution in [0.25, 0.3) is 0 Å². The van der Waals surface area contributed by atoms with E-state index in [4.69, 9.17) is 0 Å². The largest absolute Gasteiger partial charge is 0.393 e. The summed E-state index contributed by atoms with van der Waals surface area (Å²) in [6, 6.07) is 0. The van der Waals surface area contributed by atoms with Crippen LogP contribution >= 0.6 is 0 Å². The summed E-state index contributed by atoms with van der Waals surface area (Å²) in [6.07, 6.45) is 4.02. The van der Waals surface area contributed by atoms with Crippen molar-refractivity contribution in [2.24, 2.45) is 17.8 Å². The van der Waals surface area contributed by atoms with E-state index >= 15 is 0 Å². The van der Waals surface area contributed by atoms with Gasteiger partial charge in [-0.3, -0.25) is 0 Å². The molecule has 1 nitrogen and oxygen atoms in total. The van der Waals surface area contributed by atoms with Crippen LogP contribution in [0.5, 0.6) is 0 Å². The van der Waals surface area contributed by atoms with Crippen LogP contribution in [0.15, 0.2) is 0 Å². The summed E-state index contributed by atoms with van der Waals surface area (Å²) < 4.78 is 0. The first-order chi connectivity index (χ1) is 4.29. The van der Waals surface area contributed by atoms with E-state index in [1.165, 1.54) is 19.3 Å². The minimum atomic E-state index is 0.0451. The fourth-order valence-electron chi connectivity index (χ4n) is 2.55. The highest BCUT2D eigenvalue weighted by molar-refractivity contribution is 4.94. The number of fused-ring (bicyclic) bond motifs is 2. The predicted octanol–water partition coefficient (Wildman–Crippen LogP) is 1.41. The Morgan fingerprint density at radius 1 is 1.22 bits per heavy atom. The third kappa shape index (κ3) is 0.644. The van der Waals surface area contributed by atoms with E-state index in [1.807, 2.05) is 0 Å².